The van der Waals surface area contributed by atoms with Crippen LogP contribution in [0.2, 0.25) is 0 Å². The molecule has 144 valence electrons. The largest absolute Gasteiger partial charge is 0.338 e. The second-order valence-corrected chi connectivity index (χ2v) is 7.44. The third-order valence-electron chi connectivity index (χ3n) is 4.02. The zero-order valence-corrected chi connectivity index (χ0v) is 16.5. The van der Waals surface area contributed by atoms with Gasteiger partial charge in [-0.15, -0.1) is 0 Å². The third kappa shape index (κ3) is 4.80. The lowest BCUT2D eigenvalue weighted by atomic mass is 10.1. The average molecular weight is 395 g/mol. The van der Waals surface area contributed by atoms with Gasteiger partial charge < -0.3 is 10.3 Å². The highest BCUT2D eigenvalue weighted by Gasteiger charge is 2.21. The van der Waals surface area contributed by atoms with Crippen molar-refractivity contribution in [2.45, 2.75) is 24.3 Å². The summed E-state index contributed by atoms with van der Waals surface area (Å²) in [6.07, 6.45) is 0. The van der Waals surface area contributed by atoms with Gasteiger partial charge in [0.25, 0.3) is 0 Å². The molecule has 0 aliphatic carbocycles. The molecule has 3 amide bonds. The van der Waals surface area contributed by atoms with E-state index < -0.39 is 11.3 Å². The Morgan fingerprint density at radius 1 is 1.04 bits per heavy atom. The van der Waals surface area contributed by atoms with Crippen LogP contribution in [0.1, 0.15) is 13.8 Å². The van der Waals surface area contributed by atoms with Gasteiger partial charge in [0.2, 0.25) is 5.91 Å². The smallest absolute Gasteiger partial charge is 0.321 e. The van der Waals surface area contributed by atoms with E-state index in [0.29, 0.717) is 11.7 Å². The number of nitrogens with zero attached hydrogens (tertiary/aromatic N) is 1. The van der Waals surface area contributed by atoms with Gasteiger partial charge in [-0.3, -0.25) is 10.1 Å². The fourth-order valence-corrected chi connectivity index (χ4v) is 3.47. The van der Waals surface area contributed by atoms with Crippen LogP contribution in [0.4, 0.5) is 4.79 Å². The number of hydrogen-bond donors (Lipinski definition) is 3. The number of aromatic nitrogens is 2. The standard InChI is InChI=1S/C21H22N4O2S/c1-3-22-20(27)25-19(26)14(2)28-21-23-17(15-10-6-4-7-11-15)18(24-21)16-12-8-5-9-13-16/h4-14H,3H2,1-2H3,(H,23,24)(H2,22,25,26,27)/t14-/m0/s1. The Kier molecular flexibility index (Phi) is 6.49. The monoisotopic (exact) mass is 394 g/mol. The van der Waals surface area contributed by atoms with Crippen molar-refractivity contribution in [1.29, 1.82) is 0 Å². The minimum absolute atomic E-state index is 0.366. The molecule has 0 unspecified atom stereocenters. The number of thioether (sulfide) groups is 1. The minimum Gasteiger partial charge on any atom is -0.338 e. The van der Waals surface area contributed by atoms with E-state index in [0.717, 1.165) is 22.5 Å². The molecule has 3 rings (SSSR count). The highest BCUT2D eigenvalue weighted by Crippen LogP contribution is 2.33. The maximum absolute atomic E-state index is 12.2. The Morgan fingerprint density at radius 3 is 2.25 bits per heavy atom. The second kappa shape index (κ2) is 9.23. The molecule has 0 radical (unpaired) electrons. The van der Waals surface area contributed by atoms with Crippen molar-refractivity contribution in [3.63, 3.8) is 0 Å². The Morgan fingerprint density at radius 2 is 1.64 bits per heavy atom. The van der Waals surface area contributed by atoms with E-state index in [4.69, 9.17) is 4.98 Å². The van der Waals surface area contributed by atoms with Gasteiger partial charge in [-0.25, -0.2) is 9.78 Å². The summed E-state index contributed by atoms with van der Waals surface area (Å²) < 4.78 is 0. The van der Waals surface area contributed by atoms with Crippen molar-refractivity contribution < 1.29 is 9.59 Å². The van der Waals surface area contributed by atoms with E-state index in [1.807, 2.05) is 60.7 Å². The molecule has 0 fully saturated rings. The van der Waals surface area contributed by atoms with Crippen LogP contribution >= 0.6 is 11.8 Å². The van der Waals surface area contributed by atoms with Crippen LogP contribution in [-0.4, -0.2) is 33.7 Å². The van der Waals surface area contributed by atoms with Crippen LogP contribution < -0.4 is 10.6 Å². The zero-order chi connectivity index (χ0) is 19.9. The Hall–Kier alpha value is -3.06. The molecule has 1 aromatic heterocycles. The van der Waals surface area contributed by atoms with Gasteiger partial charge in [-0.05, 0) is 13.8 Å². The normalized spacial score (nSPS) is 11.6. The van der Waals surface area contributed by atoms with Gasteiger partial charge in [0.15, 0.2) is 5.16 Å². The molecule has 7 heteroatoms. The lowest BCUT2D eigenvalue weighted by Crippen LogP contribution is -2.42. The van der Waals surface area contributed by atoms with Gasteiger partial charge in [0.1, 0.15) is 0 Å². The quantitative estimate of drug-likeness (QED) is 0.550. The molecule has 0 spiro atoms. The van der Waals surface area contributed by atoms with Crippen molar-refractivity contribution in [2.24, 2.45) is 0 Å². The topological polar surface area (TPSA) is 86.9 Å². The molecule has 28 heavy (non-hydrogen) atoms. The fraction of sp³-hybridized carbons (Fsp3) is 0.190. The lowest BCUT2D eigenvalue weighted by Gasteiger charge is -2.09. The third-order valence-corrected chi connectivity index (χ3v) is 5.01. The molecular formula is C21H22N4O2S. The van der Waals surface area contributed by atoms with Crippen molar-refractivity contribution in [3.8, 4) is 22.5 Å². The molecule has 0 saturated heterocycles. The van der Waals surface area contributed by atoms with Gasteiger partial charge in [-0.2, -0.15) is 0 Å². The number of hydrogen-bond acceptors (Lipinski definition) is 4. The number of urea groups is 1. The van der Waals surface area contributed by atoms with Crippen LogP contribution in [0.5, 0.6) is 0 Å². The van der Waals surface area contributed by atoms with Crippen LogP contribution in [0.25, 0.3) is 22.5 Å². The second-order valence-electron chi connectivity index (χ2n) is 6.11. The molecule has 0 aliphatic rings. The first kappa shape index (κ1) is 19.7. The fourth-order valence-electron chi connectivity index (χ4n) is 2.67. The summed E-state index contributed by atoms with van der Waals surface area (Å²) in [6.45, 7) is 3.99. The molecular weight excluding hydrogens is 372 g/mol. The number of rotatable bonds is 6. The minimum atomic E-state index is -0.491. The van der Waals surface area contributed by atoms with Gasteiger partial charge >= 0.3 is 6.03 Å². The van der Waals surface area contributed by atoms with Crippen molar-refractivity contribution in [1.82, 2.24) is 20.6 Å². The first-order valence-corrected chi connectivity index (χ1v) is 9.92. The number of imide groups is 1. The molecule has 3 N–H and O–H groups in total. The number of H-pyrrole nitrogens is 1. The highest BCUT2D eigenvalue weighted by molar-refractivity contribution is 8.00. The molecule has 0 aliphatic heterocycles. The predicted molar refractivity (Wildman–Crippen MR) is 112 cm³/mol. The van der Waals surface area contributed by atoms with E-state index in [1.54, 1.807) is 13.8 Å². The summed E-state index contributed by atoms with van der Waals surface area (Å²) in [4.78, 5) is 31.8. The Bertz CT molecular complexity index is 885. The average Bonchev–Trinajstić information content (AvgIpc) is 3.13. The molecule has 1 heterocycles. The van der Waals surface area contributed by atoms with Gasteiger partial charge in [0.05, 0.1) is 16.6 Å². The first-order valence-electron chi connectivity index (χ1n) is 9.04. The van der Waals surface area contributed by atoms with Crippen molar-refractivity contribution >= 4 is 23.7 Å². The maximum Gasteiger partial charge on any atom is 0.321 e. The van der Waals surface area contributed by atoms with Gasteiger partial charge in [-0.1, -0.05) is 72.4 Å². The number of imidazole rings is 1. The summed E-state index contributed by atoms with van der Waals surface area (Å²) >= 11 is 1.28. The molecule has 1 atom stereocenters. The molecule has 2 aromatic carbocycles. The first-order chi connectivity index (χ1) is 13.6. The maximum atomic E-state index is 12.2. The van der Waals surface area contributed by atoms with Crippen LogP contribution in [0.15, 0.2) is 65.8 Å². The van der Waals surface area contributed by atoms with E-state index in [2.05, 4.69) is 15.6 Å². The van der Waals surface area contributed by atoms with E-state index in [-0.39, 0.29) is 5.91 Å². The number of carbonyl (C=O) groups excluding carboxylic acids is 2. The number of carbonyl (C=O) groups is 2. The van der Waals surface area contributed by atoms with Crippen LogP contribution in [0.3, 0.4) is 0 Å². The predicted octanol–water partition coefficient (Wildman–Crippen LogP) is 4.07. The van der Waals surface area contributed by atoms with Gasteiger partial charge in [0, 0.05) is 17.7 Å². The summed E-state index contributed by atoms with van der Waals surface area (Å²) in [5, 5.41) is 5.02. The number of amides is 3. The molecule has 6 nitrogen and oxygen atoms in total. The Balaban J connectivity index is 1.85. The zero-order valence-electron chi connectivity index (χ0n) is 15.7. The van der Waals surface area contributed by atoms with Crippen LogP contribution in [0, 0.1) is 0 Å². The number of aromatic amines is 1. The summed E-state index contributed by atoms with van der Waals surface area (Å²) in [5.74, 6) is -0.366. The Labute approximate surface area is 168 Å². The lowest BCUT2D eigenvalue weighted by molar-refractivity contribution is -0.119. The summed E-state index contributed by atoms with van der Waals surface area (Å²) in [6, 6.07) is 19.3. The van der Waals surface area contributed by atoms with Crippen molar-refractivity contribution in [2.75, 3.05) is 6.54 Å². The van der Waals surface area contributed by atoms with Crippen LogP contribution in [-0.2, 0) is 4.79 Å². The van der Waals surface area contributed by atoms with E-state index in [9.17, 15) is 9.59 Å². The number of nitrogens with one attached hydrogen (secondary N) is 3. The summed E-state index contributed by atoms with van der Waals surface area (Å²) in [5.41, 5.74) is 3.72. The highest BCUT2D eigenvalue weighted by atomic mass is 32.2. The molecule has 0 saturated carbocycles. The molecule has 0 bridgehead atoms. The van der Waals surface area contributed by atoms with E-state index >= 15 is 0 Å². The van der Waals surface area contributed by atoms with Crippen molar-refractivity contribution in [3.05, 3.63) is 60.7 Å². The SMILES string of the molecule is CCNC(=O)NC(=O)[C@H](C)Sc1nc(-c2ccccc2)c(-c2ccccc2)[nH]1. The van der Waals surface area contributed by atoms with E-state index in [1.165, 1.54) is 11.8 Å². The molecule has 3 aromatic rings. The number of benzene rings is 2. The summed E-state index contributed by atoms with van der Waals surface area (Å²) in [7, 11) is 0.